The van der Waals surface area contributed by atoms with Gasteiger partial charge in [0, 0.05) is 29.6 Å². The fourth-order valence-electron chi connectivity index (χ4n) is 3.46. The number of anilines is 2. The lowest BCUT2D eigenvalue weighted by molar-refractivity contribution is 0.102. The van der Waals surface area contributed by atoms with Gasteiger partial charge < -0.3 is 15.5 Å². The zero-order chi connectivity index (χ0) is 22.5. The van der Waals surface area contributed by atoms with Gasteiger partial charge in [-0.15, -0.1) is 22.0 Å². The lowest BCUT2D eigenvalue weighted by atomic mass is 9.98. The van der Waals surface area contributed by atoms with Crippen molar-refractivity contribution in [1.82, 2.24) is 15.1 Å². The van der Waals surface area contributed by atoms with Crippen molar-refractivity contribution in [1.29, 1.82) is 0 Å². The molecule has 1 fully saturated rings. The standard InChI is InChI=1S/C22H22FN5O2S2/c1-31-16-6-4-5-15(13-16)24-22(30)28-11-9-14(10-12-28)20-26-27-21(32-20)19(29)25-18-8-3-2-7-17(18)23/h2-8,13-14H,9-12H2,1H3,(H,24,30)(H,25,29). The van der Waals surface area contributed by atoms with E-state index in [1.54, 1.807) is 28.8 Å². The van der Waals surface area contributed by atoms with Gasteiger partial charge in [-0.2, -0.15) is 0 Å². The number of hydrogen-bond donors (Lipinski definition) is 2. The van der Waals surface area contributed by atoms with E-state index < -0.39 is 11.7 Å². The number of amides is 3. The van der Waals surface area contributed by atoms with Crippen LogP contribution in [0.15, 0.2) is 53.4 Å². The molecule has 32 heavy (non-hydrogen) atoms. The monoisotopic (exact) mass is 471 g/mol. The van der Waals surface area contributed by atoms with Gasteiger partial charge in [-0.3, -0.25) is 4.79 Å². The molecule has 166 valence electrons. The van der Waals surface area contributed by atoms with Gasteiger partial charge in [0.25, 0.3) is 5.91 Å². The van der Waals surface area contributed by atoms with Gasteiger partial charge in [0.2, 0.25) is 5.01 Å². The first-order valence-electron chi connectivity index (χ1n) is 10.1. The molecular weight excluding hydrogens is 449 g/mol. The van der Waals surface area contributed by atoms with E-state index in [-0.39, 0.29) is 22.6 Å². The van der Waals surface area contributed by atoms with Gasteiger partial charge in [-0.1, -0.05) is 29.5 Å². The minimum absolute atomic E-state index is 0.108. The molecule has 3 aromatic rings. The molecular formula is C22H22FN5O2S2. The first-order chi connectivity index (χ1) is 15.5. The molecule has 0 spiro atoms. The summed E-state index contributed by atoms with van der Waals surface area (Å²) in [6.07, 6.45) is 3.47. The van der Waals surface area contributed by atoms with Crippen LogP contribution in [0.25, 0.3) is 0 Å². The van der Waals surface area contributed by atoms with Gasteiger partial charge in [-0.25, -0.2) is 9.18 Å². The average molecular weight is 472 g/mol. The summed E-state index contributed by atoms with van der Waals surface area (Å²) >= 11 is 2.84. The van der Waals surface area contributed by atoms with Gasteiger partial charge in [0.1, 0.15) is 10.8 Å². The molecule has 1 saturated heterocycles. The lowest BCUT2D eigenvalue weighted by Gasteiger charge is -2.31. The van der Waals surface area contributed by atoms with E-state index in [0.29, 0.717) is 13.1 Å². The Kier molecular flexibility index (Phi) is 7.01. The fraction of sp³-hybridized carbons (Fsp3) is 0.273. The number of nitrogens with one attached hydrogen (secondary N) is 2. The molecule has 7 nitrogen and oxygen atoms in total. The molecule has 0 unspecified atom stereocenters. The quantitative estimate of drug-likeness (QED) is 0.508. The summed E-state index contributed by atoms with van der Waals surface area (Å²) in [6, 6.07) is 13.6. The number of benzene rings is 2. The molecule has 4 rings (SSSR count). The Morgan fingerprint density at radius 3 is 2.62 bits per heavy atom. The molecule has 2 heterocycles. The predicted molar refractivity (Wildman–Crippen MR) is 125 cm³/mol. The Bertz CT molecular complexity index is 1110. The number of piperidine rings is 1. The maximum Gasteiger partial charge on any atom is 0.321 e. The second kappa shape index (κ2) is 10.1. The van der Waals surface area contributed by atoms with E-state index >= 15 is 0 Å². The minimum atomic E-state index is -0.503. The second-order valence-corrected chi connectivity index (χ2v) is 9.19. The zero-order valence-electron chi connectivity index (χ0n) is 17.4. The second-order valence-electron chi connectivity index (χ2n) is 7.30. The summed E-state index contributed by atoms with van der Waals surface area (Å²) in [5, 5.41) is 14.6. The predicted octanol–water partition coefficient (Wildman–Crippen LogP) is 5.06. The highest BCUT2D eigenvalue weighted by Crippen LogP contribution is 2.31. The lowest BCUT2D eigenvalue weighted by Crippen LogP contribution is -2.40. The van der Waals surface area contributed by atoms with Gasteiger partial charge >= 0.3 is 6.03 Å². The number of carbonyl (C=O) groups is 2. The first-order valence-corrected chi connectivity index (χ1v) is 12.2. The molecule has 1 aliphatic heterocycles. The Morgan fingerprint density at radius 2 is 1.88 bits per heavy atom. The van der Waals surface area contributed by atoms with Crippen LogP contribution in [0.5, 0.6) is 0 Å². The van der Waals surface area contributed by atoms with Crippen LogP contribution in [0.4, 0.5) is 20.6 Å². The number of hydrogen-bond acceptors (Lipinski definition) is 6. The molecule has 10 heteroatoms. The van der Waals surface area contributed by atoms with E-state index in [1.165, 1.54) is 23.5 Å². The third-order valence-electron chi connectivity index (χ3n) is 5.21. The number of para-hydroxylation sites is 1. The molecule has 1 aromatic heterocycles. The van der Waals surface area contributed by atoms with Crippen molar-refractivity contribution in [2.75, 3.05) is 30.0 Å². The maximum absolute atomic E-state index is 13.8. The van der Waals surface area contributed by atoms with Gasteiger partial charge in [0.15, 0.2) is 0 Å². The van der Waals surface area contributed by atoms with Crippen molar-refractivity contribution in [2.24, 2.45) is 0 Å². The number of thioether (sulfide) groups is 1. The molecule has 0 saturated carbocycles. The van der Waals surface area contributed by atoms with Crippen molar-refractivity contribution in [3.8, 4) is 0 Å². The highest BCUT2D eigenvalue weighted by molar-refractivity contribution is 7.98. The molecule has 0 radical (unpaired) electrons. The van der Waals surface area contributed by atoms with Crippen molar-refractivity contribution in [2.45, 2.75) is 23.7 Å². The van der Waals surface area contributed by atoms with Crippen molar-refractivity contribution in [3.05, 3.63) is 64.4 Å². The molecule has 1 aliphatic rings. The van der Waals surface area contributed by atoms with E-state index in [1.807, 2.05) is 30.5 Å². The van der Waals surface area contributed by atoms with Gasteiger partial charge in [-0.05, 0) is 49.4 Å². The van der Waals surface area contributed by atoms with E-state index in [2.05, 4.69) is 20.8 Å². The van der Waals surface area contributed by atoms with Crippen LogP contribution >= 0.6 is 23.1 Å². The molecule has 2 N–H and O–H groups in total. The summed E-state index contributed by atoms with van der Waals surface area (Å²) in [7, 11) is 0. The Hall–Kier alpha value is -2.98. The van der Waals surface area contributed by atoms with Crippen LogP contribution in [0.3, 0.4) is 0 Å². The number of carbonyl (C=O) groups excluding carboxylic acids is 2. The van der Waals surface area contributed by atoms with Crippen molar-refractivity contribution in [3.63, 3.8) is 0 Å². The van der Waals surface area contributed by atoms with Crippen LogP contribution in [-0.2, 0) is 0 Å². The normalized spacial score (nSPS) is 14.2. The summed E-state index contributed by atoms with van der Waals surface area (Å²) in [5.41, 5.74) is 0.884. The Labute approximate surface area is 193 Å². The van der Waals surface area contributed by atoms with E-state index in [0.717, 1.165) is 28.4 Å². The molecule has 0 atom stereocenters. The van der Waals surface area contributed by atoms with E-state index in [9.17, 15) is 14.0 Å². The van der Waals surface area contributed by atoms with Crippen LogP contribution in [-0.4, -0.2) is 46.4 Å². The Balaban J connectivity index is 1.31. The summed E-state index contributed by atoms with van der Waals surface area (Å²) < 4.78 is 13.8. The third-order valence-corrected chi connectivity index (χ3v) is 7.02. The van der Waals surface area contributed by atoms with Crippen LogP contribution < -0.4 is 10.6 Å². The Morgan fingerprint density at radius 1 is 1.09 bits per heavy atom. The van der Waals surface area contributed by atoms with Crippen molar-refractivity contribution < 1.29 is 14.0 Å². The number of likely N-dealkylation sites (tertiary alicyclic amines) is 1. The highest BCUT2D eigenvalue weighted by Gasteiger charge is 2.27. The molecule has 2 aromatic carbocycles. The number of urea groups is 1. The highest BCUT2D eigenvalue weighted by atomic mass is 32.2. The van der Waals surface area contributed by atoms with Gasteiger partial charge in [0.05, 0.1) is 5.69 Å². The summed E-state index contributed by atoms with van der Waals surface area (Å²) in [6.45, 7) is 1.18. The average Bonchev–Trinajstić information content (AvgIpc) is 3.31. The first kappa shape index (κ1) is 22.2. The topological polar surface area (TPSA) is 87.2 Å². The van der Waals surface area contributed by atoms with Crippen molar-refractivity contribution >= 4 is 46.4 Å². The summed E-state index contributed by atoms with van der Waals surface area (Å²) in [5.74, 6) is -0.856. The molecule has 3 amide bonds. The molecule has 0 aliphatic carbocycles. The smallest absolute Gasteiger partial charge is 0.321 e. The maximum atomic E-state index is 13.8. The SMILES string of the molecule is CSc1cccc(NC(=O)N2CCC(c3nnc(C(=O)Nc4ccccc4F)s3)CC2)c1. The minimum Gasteiger partial charge on any atom is -0.324 e. The van der Waals surface area contributed by atoms with E-state index in [4.69, 9.17) is 0 Å². The summed E-state index contributed by atoms with van der Waals surface area (Å²) in [4.78, 5) is 27.9. The molecule has 0 bridgehead atoms. The number of nitrogens with zero attached hydrogens (tertiary/aromatic N) is 3. The van der Waals surface area contributed by atoms with Crippen LogP contribution in [0.2, 0.25) is 0 Å². The fourth-order valence-corrected chi connectivity index (χ4v) is 4.83. The third kappa shape index (κ3) is 5.25. The number of rotatable bonds is 5. The number of halogens is 1. The number of aromatic nitrogens is 2. The van der Waals surface area contributed by atoms with Crippen LogP contribution in [0.1, 0.15) is 33.6 Å². The zero-order valence-corrected chi connectivity index (χ0v) is 19.0. The van der Waals surface area contributed by atoms with Crippen LogP contribution in [0, 0.1) is 5.82 Å². The largest absolute Gasteiger partial charge is 0.324 e.